The van der Waals surface area contributed by atoms with Gasteiger partial charge in [-0.15, -0.1) is 11.3 Å². The smallest absolute Gasteiger partial charge is 0.0543 e. The number of hydrogen-bond donors (Lipinski definition) is 0. The van der Waals surface area contributed by atoms with Gasteiger partial charge >= 0.3 is 0 Å². The van der Waals surface area contributed by atoms with Gasteiger partial charge in [-0.1, -0.05) is 117 Å². The molecule has 14 rings (SSSR count). The molecule has 0 unspecified atom stereocenters. The van der Waals surface area contributed by atoms with Gasteiger partial charge in [-0.25, -0.2) is 0 Å². The van der Waals surface area contributed by atoms with Crippen molar-refractivity contribution >= 4 is 48.6 Å². The summed E-state index contributed by atoms with van der Waals surface area (Å²) in [6.07, 6.45) is 7.04. The van der Waals surface area contributed by atoms with Crippen LogP contribution in [0.5, 0.6) is 0 Å². The van der Waals surface area contributed by atoms with Gasteiger partial charge in [0.05, 0.1) is 5.69 Å². The number of thiophene rings is 1. The Kier molecular flexibility index (Phi) is 6.63. The molecule has 1 spiro atoms. The highest BCUT2D eigenvalue weighted by Crippen LogP contribution is 2.70. The zero-order valence-corrected chi connectivity index (χ0v) is 33.5. The molecule has 6 aliphatic carbocycles. The first kappa shape index (κ1) is 32.6. The molecule has 8 aromatic rings. The molecule has 4 fully saturated rings. The Hall–Kier alpha value is -5.44. The monoisotopic (exact) mass is 751 g/mol. The fraction of sp³-hybridized carbons (Fsp3) is 0.236. The molecular formula is C55H45NS. The molecule has 57 heavy (non-hydrogen) atoms. The van der Waals surface area contributed by atoms with E-state index in [1.165, 1.54) is 114 Å². The van der Waals surface area contributed by atoms with E-state index in [4.69, 9.17) is 0 Å². The van der Waals surface area contributed by atoms with Gasteiger partial charge in [0.15, 0.2) is 0 Å². The first-order valence-electron chi connectivity index (χ1n) is 21.3. The molecule has 0 N–H and O–H groups in total. The minimum absolute atomic E-state index is 0.0857. The van der Waals surface area contributed by atoms with Crippen molar-refractivity contribution in [1.82, 2.24) is 0 Å². The van der Waals surface area contributed by atoms with Gasteiger partial charge in [0.2, 0.25) is 0 Å². The number of benzene rings is 7. The average Bonchev–Trinajstić information content (AvgIpc) is 3.84. The first-order chi connectivity index (χ1) is 28.0. The summed E-state index contributed by atoms with van der Waals surface area (Å²) in [6.45, 7) is 4.81. The summed E-state index contributed by atoms with van der Waals surface area (Å²) in [6, 6.07) is 58.5. The van der Waals surface area contributed by atoms with Gasteiger partial charge in [-0.05, 0) is 154 Å². The van der Waals surface area contributed by atoms with E-state index in [1.54, 1.807) is 11.1 Å². The molecule has 0 amide bonds. The van der Waals surface area contributed by atoms with Crippen LogP contribution in [0.1, 0.15) is 68.2 Å². The molecule has 276 valence electrons. The lowest BCUT2D eigenvalue weighted by molar-refractivity contribution is -0.0399. The number of hydrogen-bond acceptors (Lipinski definition) is 2. The molecule has 4 bridgehead atoms. The Morgan fingerprint density at radius 1 is 0.474 bits per heavy atom. The molecule has 6 aliphatic rings. The largest absolute Gasteiger partial charge is 0.310 e. The zero-order valence-electron chi connectivity index (χ0n) is 32.6. The van der Waals surface area contributed by atoms with Gasteiger partial charge in [-0.2, -0.15) is 0 Å². The maximum atomic E-state index is 2.60. The minimum atomic E-state index is -0.0857. The summed E-state index contributed by atoms with van der Waals surface area (Å²) < 4.78 is 2.70. The predicted octanol–water partition coefficient (Wildman–Crippen LogP) is 15.2. The third-order valence-electron chi connectivity index (χ3n) is 15.5. The summed E-state index contributed by atoms with van der Waals surface area (Å²) in [4.78, 5) is 2.60. The van der Waals surface area contributed by atoms with Crippen LogP contribution in [0, 0.1) is 23.7 Å². The quantitative estimate of drug-likeness (QED) is 0.173. The molecule has 0 saturated heterocycles. The van der Waals surface area contributed by atoms with Gasteiger partial charge < -0.3 is 4.90 Å². The summed E-state index contributed by atoms with van der Waals surface area (Å²) in [5.41, 5.74) is 18.0. The van der Waals surface area contributed by atoms with Crippen LogP contribution in [0.25, 0.3) is 53.6 Å². The topological polar surface area (TPSA) is 3.24 Å². The summed E-state index contributed by atoms with van der Waals surface area (Å²) >= 11 is 1.88. The van der Waals surface area contributed by atoms with E-state index >= 15 is 0 Å². The van der Waals surface area contributed by atoms with E-state index in [1.807, 2.05) is 11.3 Å². The highest BCUT2D eigenvalue weighted by molar-refractivity contribution is 7.25. The van der Waals surface area contributed by atoms with E-state index in [-0.39, 0.29) is 10.8 Å². The Morgan fingerprint density at radius 2 is 1.11 bits per heavy atom. The molecule has 1 aromatic heterocycles. The van der Waals surface area contributed by atoms with Crippen LogP contribution in [0.15, 0.2) is 152 Å². The van der Waals surface area contributed by atoms with Crippen molar-refractivity contribution < 1.29 is 0 Å². The van der Waals surface area contributed by atoms with Crippen LogP contribution < -0.4 is 4.90 Å². The second kappa shape index (κ2) is 11.6. The normalized spacial score (nSPS) is 24.2. The Labute approximate surface area is 339 Å². The molecule has 7 aromatic carbocycles. The number of nitrogens with zero attached hydrogens (tertiary/aromatic N) is 1. The standard InChI is InChI=1S/C55H45NS/c1-54(2)46-13-6-3-10-41(46)42-24-23-40(32-49(42)54)56(39-21-18-35(19-22-39)36-20-25-52-45(31-36)43-11-5-8-17-51(43)57-52)50-16-9-15-48-53(50)44-12-4-7-14-47(44)55(48)37-27-33-26-34(29-37)30-38(55)28-33/h3-25,31-34,37-38H,26-30H2,1-2H3. The molecular weight excluding hydrogens is 707 g/mol. The third-order valence-corrected chi connectivity index (χ3v) is 16.6. The Bertz CT molecular complexity index is 2930. The molecule has 1 nitrogen and oxygen atoms in total. The fourth-order valence-electron chi connectivity index (χ4n) is 13.3. The van der Waals surface area contributed by atoms with Crippen LogP contribution in [0.2, 0.25) is 0 Å². The van der Waals surface area contributed by atoms with Crippen molar-refractivity contribution in [3.05, 3.63) is 174 Å². The Morgan fingerprint density at radius 3 is 1.91 bits per heavy atom. The molecule has 1 heterocycles. The highest BCUT2D eigenvalue weighted by Gasteiger charge is 2.62. The predicted molar refractivity (Wildman–Crippen MR) is 240 cm³/mol. The molecule has 2 heteroatoms. The molecule has 4 saturated carbocycles. The van der Waals surface area contributed by atoms with Crippen molar-refractivity contribution in [2.24, 2.45) is 23.7 Å². The Balaban J connectivity index is 1.01. The van der Waals surface area contributed by atoms with Crippen molar-refractivity contribution in [2.45, 2.75) is 56.8 Å². The first-order valence-corrected chi connectivity index (χ1v) is 22.1. The van der Waals surface area contributed by atoms with Crippen LogP contribution in [-0.2, 0) is 10.8 Å². The number of fused-ring (bicyclic) bond motifs is 9. The maximum Gasteiger partial charge on any atom is 0.0543 e. The average molecular weight is 752 g/mol. The maximum absolute atomic E-state index is 2.60. The van der Waals surface area contributed by atoms with Gasteiger partial charge in [-0.3, -0.25) is 0 Å². The van der Waals surface area contributed by atoms with Crippen molar-refractivity contribution in [1.29, 1.82) is 0 Å². The molecule has 0 aliphatic heterocycles. The van der Waals surface area contributed by atoms with Gasteiger partial charge in [0.25, 0.3) is 0 Å². The summed E-state index contributed by atoms with van der Waals surface area (Å²) in [5.74, 6) is 3.31. The van der Waals surface area contributed by atoms with Crippen molar-refractivity contribution in [3.63, 3.8) is 0 Å². The van der Waals surface area contributed by atoms with Crippen molar-refractivity contribution in [2.75, 3.05) is 4.90 Å². The fourth-order valence-corrected chi connectivity index (χ4v) is 14.4. The van der Waals surface area contributed by atoms with Crippen LogP contribution in [0.4, 0.5) is 17.1 Å². The highest BCUT2D eigenvalue weighted by atomic mass is 32.1. The van der Waals surface area contributed by atoms with Crippen LogP contribution in [0.3, 0.4) is 0 Å². The van der Waals surface area contributed by atoms with E-state index in [9.17, 15) is 0 Å². The SMILES string of the molecule is CC1(C)c2ccccc2-c2ccc(N(c3ccc(-c4ccc5sc6ccccc6c5c4)cc3)c3cccc4c3-c3ccccc3C43C4CC5CC(C4)CC3C5)cc21. The number of anilines is 3. The van der Waals surface area contributed by atoms with E-state index in [0.29, 0.717) is 0 Å². The van der Waals surface area contributed by atoms with E-state index < -0.39 is 0 Å². The lowest BCUT2D eigenvalue weighted by atomic mass is 9.43. The summed E-state index contributed by atoms with van der Waals surface area (Å²) in [5, 5.41) is 2.69. The van der Waals surface area contributed by atoms with Gasteiger partial charge in [0.1, 0.15) is 0 Å². The second-order valence-electron chi connectivity index (χ2n) is 18.5. The van der Waals surface area contributed by atoms with Crippen molar-refractivity contribution in [3.8, 4) is 33.4 Å². The molecule has 0 atom stereocenters. The van der Waals surface area contributed by atoms with Crippen LogP contribution >= 0.6 is 11.3 Å². The minimum Gasteiger partial charge on any atom is -0.310 e. The second-order valence-corrected chi connectivity index (χ2v) is 19.6. The van der Waals surface area contributed by atoms with Gasteiger partial charge in [0, 0.05) is 47.9 Å². The lowest BCUT2D eigenvalue weighted by Gasteiger charge is -2.61. The lowest BCUT2D eigenvalue weighted by Crippen LogP contribution is -2.55. The molecule has 0 radical (unpaired) electrons. The summed E-state index contributed by atoms with van der Waals surface area (Å²) in [7, 11) is 0. The third kappa shape index (κ3) is 4.35. The van der Waals surface area contributed by atoms with E-state index in [0.717, 1.165) is 23.7 Å². The number of rotatable bonds is 4. The zero-order chi connectivity index (χ0) is 37.6. The van der Waals surface area contributed by atoms with E-state index in [2.05, 4.69) is 170 Å². The van der Waals surface area contributed by atoms with Crippen LogP contribution in [-0.4, -0.2) is 0 Å².